The monoisotopic (exact) mass is 295 g/mol. The van der Waals surface area contributed by atoms with E-state index in [0.29, 0.717) is 11.5 Å². The minimum absolute atomic E-state index is 0.372. The zero-order valence-electron chi connectivity index (χ0n) is 12.6. The first-order valence-corrected chi connectivity index (χ1v) is 8.07. The quantitative estimate of drug-likeness (QED) is 0.829. The molecule has 1 aliphatic rings. The van der Waals surface area contributed by atoms with E-state index in [9.17, 15) is 0 Å². The summed E-state index contributed by atoms with van der Waals surface area (Å²) in [5.74, 6) is 0. The third-order valence-electron chi connectivity index (χ3n) is 4.32. The summed E-state index contributed by atoms with van der Waals surface area (Å²) in [6, 6.07) is 8.68. The van der Waals surface area contributed by atoms with Crippen LogP contribution in [0.15, 0.2) is 24.3 Å². The predicted octanol–water partition coefficient (Wildman–Crippen LogP) is 4.59. The lowest BCUT2D eigenvalue weighted by Crippen LogP contribution is -2.38. The van der Waals surface area contributed by atoms with E-state index in [0.717, 1.165) is 44.0 Å². The minimum atomic E-state index is 0.372. The van der Waals surface area contributed by atoms with Crippen LogP contribution in [0.25, 0.3) is 0 Å². The third kappa shape index (κ3) is 4.47. The maximum Gasteiger partial charge on any atom is 0.0471 e. The highest BCUT2D eigenvalue weighted by Crippen LogP contribution is 2.30. The lowest BCUT2D eigenvalue weighted by molar-refractivity contribution is 0.0227. The van der Waals surface area contributed by atoms with Gasteiger partial charge in [0.25, 0.3) is 0 Å². The summed E-state index contributed by atoms with van der Waals surface area (Å²) in [5, 5.41) is 4.57. The van der Waals surface area contributed by atoms with E-state index in [4.69, 9.17) is 16.3 Å². The van der Waals surface area contributed by atoms with Gasteiger partial charge in [-0.1, -0.05) is 44.0 Å². The molecule has 2 rings (SSSR count). The molecule has 112 valence electrons. The number of rotatable bonds is 6. The molecule has 1 fully saturated rings. The Morgan fingerprint density at radius 3 is 2.50 bits per heavy atom. The highest BCUT2D eigenvalue weighted by atomic mass is 35.5. The van der Waals surface area contributed by atoms with Gasteiger partial charge in [-0.2, -0.15) is 0 Å². The van der Waals surface area contributed by atoms with Crippen molar-refractivity contribution in [3.63, 3.8) is 0 Å². The van der Waals surface area contributed by atoms with E-state index in [1.54, 1.807) is 0 Å². The van der Waals surface area contributed by atoms with Crippen molar-refractivity contribution in [1.29, 1.82) is 0 Å². The normalized spacial score (nSPS) is 19.8. The molecule has 1 atom stereocenters. The van der Waals surface area contributed by atoms with Crippen molar-refractivity contribution < 1.29 is 4.74 Å². The summed E-state index contributed by atoms with van der Waals surface area (Å²) in [5.41, 5.74) is 1.71. The fourth-order valence-electron chi connectivity index (χ4n) is 2.78. The molecule has 0 aromatic heterocycles. The van der Waals surface area contributed by atoms with E-state index >= 15 is 0 Å². The maximum absolute atomic E-state index is 5.98. The smallest absolute Gasteiger partial charge is 0.0471 e. The van der Waals surface area contributed by atoms with Gasteiger partial charge in [0, 0.05) is 30.8 Å². The summed E-state index contributed by atoms with van der Waals surface area (Å²) in [4.78, 5) is 0. The second-order valence-corrected chi connectivity index (χ2v) is 6.63. The molecule has 0 amide bonds. The molecule has 0 saturated carbocycles. The minimum Gasteiger partial charge on any atom is -0.381 e. The van der Waals surface area contributed by atoms with Crippen molar-refractivity contribution in [2.75, 3.05) is 19.8 Å². The van der Waals surface area contributed by atoms with E-state index in [1.807, 2.05) is 12.1 Å². The molecule has 1 aliphatic heterocycles. The first kappa shape index (κ1) is 15.8. The van der Waals surface area contributed by atoms with Crippen LogP contribution in [0, 0.1) is 5.41 Å². The Bertz CT molecular complexity index is 398. The summed E-state index contributed by atoms with van der Waals surface area (Å²) in [6.45, 7) is 7.47. The van der Waals surface area contributed by atoms with Crippen LogP contribution >= 0.6 is 11.6 Å². The van der Waals surface area contributed by atoms with E-state index in [1.165, 1.54) is 12.0 Å². The topological polar surface area (TPSA) is 21.3 Å². The van der Waals surface area contributed by atoms with Gasteiger partial charge in [-0.05, 0) is 42.4 Å². The summed E-state index contributed by atoms with van der Waals surface area (Å²) < 4.78 is 5.47. The Morgan fingerprint density at radius 1 is 1.25 bits per heavy atom. The van der Waals surface area contributed by atoms with Gasteiger partial charge in [0.05, 0.1) is 0 Å². The molecular formula is C17H26ClNO. The predicted molar refractivity (Wildman–Crippen MR) is 85.3 cm³/mol. The molecular weight excluding hydrogens is 270 g/mol. The number of benzene rings is 1. The molecule has 1 saturated heterocycles. The summed E-state index contributed by atoms with van der Waals surface area (Å²) in [6.07, 6.45) is 4.65. The van der Waals surface area contributed by atoms with Crippen molar-refractivity contribution in [3.05, 3.63) is 34.9 Å². The average Bonchev–Trinajstić information content (AvgIpc) is 2.45. The Morgan fingerprint density at radius 2 is 1.90 bits per heavy atom. The molecule has 1 unspecified atom stereocenters. The summed E-state index contributed by atoms with van der Waals surface area (Å²) in [7, 11) is 0. The number of halogens is 1. The number of hydrogen-bond acceptors (Lipinski definition) is 2. The molecule has 1 aromatic carbocycles. The van der Waals surface area contributed by atoms with Gasteiger partial charge >= 0.3 is 0 Å². The van der Waals surface area contributed by atoms with Gasteiger partial charge < -0.3 is 10.1 Å². The van der Waals surface area contributed by atoms with Gasteiger partial charge in [0.1, 0.15) is 0 Å². The largest absolute Gasteiger partial charge is 0.381 e. The van der Waals surface area contributed by atoms with Gasteiger partial charge in [-0.25, -0.2) is 0 Å². The van der Waals surface area contributed by atoms with Crippen molar-refractivity contribution in [3.8, 4) is 0 Å². The fraction of sp³-hybridized carbons (Fsp3) is 0.647. The van der Waals surface area contributed by atoms with Gasteiger partial charge in [-0.15, -0.1) is 0 Å². The zero-order chi connectivity index (χ0) is 14.4. The van der Waals surface area contributed by atoms with Crippen LogP contribution in [0.5, 0.6) is 0 Å². The highest BCUT2D eigenvalue weighted by molar-refractivity contribution is 6.30. The first-order valence-electron chi connectivity index (χ1n) is 7.69. The first-order chi connectivity index (χ1) is 9.63. The molecule has 3 heteroatoms. The zero-order valence-corrected chi connectivity index (χ0v) is 13.4. The second kappa shape index (κ2) is 7.44. The molecule has 1 N–H and O–H groups in total. The maximum atomic E-state index is 5.98. The van der Waals surface area contributed by atoms with Crippen LogP contribution < -0.4 is 5.32 Å². The lowest BCUT2D eigenvalue weighted by atomic mass is 9.82. The van der Waals surface area contributed by atoms with Crippen molar-refractivity contribution >= 4 is 11.6 Å². The van der Waals surface area contributed by atoms with Crippen molar-refractivity contribution in [2.45, 2.75) is 45.6 Å². The third-order valence-corrected chi connectivity index (χ3v) is 4.58. The molecule has 1 aromatic rings. The van der Waals surface area contributed by atoms with Gasteiger partial charge in [0.2, 0.25) is 0 Å². The number of nitrogens with one attached hydrogen (secondary N) is 1. The molecule has 2 nitrogen and oxygen atoms in total. The van der Waals surface area contributed by atoms with Gasteiger partial charge in [-0.3, -0.25) is 0 Å². The van der Waals surface area contributed by atoms with Crippen LogP contribution in [0.2, 0.25) is 5.02 Å². The highest BCUT2D eigenvalue weighted by Gasteiger charge is 2.28. The number of hydrogen-bond donors (Lipinski definition) is 1. The molecule has 20 heavy (non-hydrogen) atoms. The molecule has 1 heterocycles. The Hall–Kier alpha value is -0.570. The van der Waals surface area contributed by atoms with E-state index < -0.39 is 0 Å². The molecule has 0 radical (unpaired) electrons. The van der Waals surface area contributed by atoms with Gasteiger partial charge in [0.15, 0.2) is 0 Å². The lowest BCUT2D eigenvalue weighted by Gasteiger charge is -2.35. The molecule has 0 spiro atoms. The number of ether oxygens (including phenoxy) is 1. The summed E-state index contributed by atoms with van der Waals surface area (Å²) >= 11 is 5.98. The Labute approximate surface area is 127 Å². The second-order valence-electron chi connectivity index (χ2n) is 6.20. The standard InChI is InChI=1S/C17H26ClNO/c1-3-4-16(14-5-7-15(18)8-6-14)19-13-17(2)9-11-20-12-10-17/h5-8,16,19H,3-4,9-13H2,1-2H3. The van der Waals surface area contributed by atoms with Crippen LogP contribution in [0.1, 0.15) is 51.1 Å². The fourth-order valence-corrected chi connectivity index (χ4v) is 2.91. The van der Waals surface area contributed by atoms with E-state index in [-0.39, 0.29) is 0 Å². The molecule has 0 bridgehead atoms. The van der Waals surface area contributed by atoms with E-state index in [2.05, 4.69) is 31.3 Å². The Balaban J connectivity index is 1.96. The average molecular weight is 296 g/mol. The van der Waals surface area contributed by atoms with Crippen LogP contribution in [-0.2, 0) is 4.74 Å². The van der Waals surface area contributed by atoms with Crippen LogP contribution in [-0.4, -0.2) is 19.8 Å². The Kier molecular flexibility index (Phi) is 5.88. The van der Waals surface area contributed by atoms with Crippen molar-refractivity contribution in [2.24, 2.45) is 5.41 Å². The van der Waals surface area contributed by atoms with Crippen LogP contribution in [0.3, 0.4) is 0 Å². The van der Waals surface area contributed by atoms with Crippen LogP contribution in [0.4, 0.5) is 0 Å². The molecule has 0 aliphatic carbocycles. The van der Waals surface area contributed by atoms with Crippen molar-refractivity contribution in [1.82, 2.24) is 5.32 Å². The SMILES string of the molecule is CCCC(NCC1(C)CCOCC1)c1ccc(Cl)cc1.